The zero-order chi connectivity index (χ0) is 17.1. The molecule has 1 N–H and O–H groups in total. The number of benzene rings is 1. The monoisotopic (exact) mass is 346 g/mol. The Labute approximate surface area is 147 Å². The molecule has 0 saturated carbocycles. The van der Waals surface area contributed by atoms with Crippen molar-refractivity contribution >= 4 is 17.5 Å². The number of rotatable bonds is 5. The Hall–Kier alpha value is -1.85. The lowest BCUT2D eigenvalue weighted by atomic mass is 10.2. The van der Waals surface area contributed by atoms with Crippen LogP contribution < -0.4 is 5.32 Å². The second-order valence-electron chi connectivity index (χ2n) is 6.68. The van der Waals surface area contributed by atoms with Crippen molar-refractivity contribution in [1.82, 2.24) is 19.8 Å². The maximum Gasteiger partial charge on any atom is 0.271 e. The van der Waals surface area contributed by atoms with Crippen molar-refractivity contribution < 1.29 is 4.79 Å². The fourth-order valence-electron chi connectivity index (χ4n) is 3.00. The van der Waals surface area contributed by atoms with Crippen LogP contribution in [-0.4, -0.2) is 33.4 Å². The van der Waals surface area contributed by atoms with Gasteiger partial charge >= 0.3 is 0 Å². The Morgan fingerprint density at radius 3 is 2.96 bits per heavy atom. The van der Waals surface area contributed by atoms with Gasteiger partial charge in [-0.2, -0.15) is 0 Å². The molecular weight excluding hydrogens is 324 g/mol. The summed E-state index contributed by atoms with van der Waals surface area (Å²) in [6, 6.07) is 7.49. The van der Waals surface area contributed by atoms with Gasteiger partial charge in [0.1, 0.15) is 11.5 Å². The van der Waals surface area contributed by atoms with E-state index in [0.717, 1.165) is 37.6 Å². The van der Waals surface area contributed by atoms with Crippen molar-refractivity contribution in [3.63, 3.8) is 0 Å². The molecule has 2 aromatic rings. The van der Waals surface area contributed by atoms with Gasteiger partial charge in [0.25, 0.3) is 5.91 Å². The summed E-state index contributed by atoms with van der Waals surface area (Å²) in [6.45, 7) is 8.64. The predicted molar refractivity (Wildman–Crippen MR) is 95.0 cm³/mol. The van der Waals surface area contributed by atoms with Gasteiger partial charge in [0.05, 0.1) is 6.54 Å². The summed E-state index contributed by atoms with van der Waals surface area (Å²) in [7, 11) is 0. The van der Waals surface area contributed by atoms with Crippen LogP contribution in [0.2, 0.25) is 5.02 Å². The fraction of sp³-hybridized carbons (Fsp3) is 0.444. The highest BCUT2D eigenvalue weighted by Gasteiger charge is 2.21. The Bertz CT molecular complexity index is 726. The topological polar surface area (TPSA) is 50.2 Å². The van der Waals surface area contributed by atoms with Crippen LogP contribution in [0.25, 0.3) is 0 Å². The average Bonchev–Trinajstić information content (AvgIpc) is 2.95. The minimum atomic E-state index is -0.146. The summed E-state index contributed by atoms with van der Waals surface area (Å²) in [5.41, 5.74) is 1.46. The molecule has 3 rings (SSSR count). The van der Waals surface area contributed by atoms with E-state index in [2.05, 4.69) is 33.6 Å². The molecule has 1 aromatic heterocycles. The van der Waals surface area contributed by atoms with Gasteiger partial charge < -0.3 is 9.88 Å². The summed E-state index contributed by atoms with van der Waals surface area (Å²) in [4.78, 5) is 19.3. The van der Waals surface area contributed by atoms with Crippen molar-refractivity contribution in [1.29, 1.82) is 0 Å². The van der Waals surface area contributed by atoms with E-state index in [1.807, 2.05) is 30.5 Å². The molecular formula is C18H23ClN4O. The molecule has 0 spiro atoms. The maximum atomic E-state index is 12.3. The molecule has 128 valence electrons. The third-order valence-corrected chi connectivity index (χ3v) is 4.31. The number of halogens is 1. The van der Waals surface area contributed by atoms with Gasteiger partial charge in [-0.15, -0.1) is 0 Å². The number of nitrogens with zero attached hydrogens (tertiary/aromatic N) is 3. The van der Waals surface area contributed by atoms with E-state index >= 15 is 0 Å². The van der Waals surface area contributed by atoms with E-state index in [-0.39, 0.29) is 5.91 Å². The number of hydrogen-bond acceptors (Lipinski definition) is 3. The number of imidazole rings is 1. The first kappa shape index (κ1) is 17.0. The largest absolute Gasteiger partial charge is 0.347 e. The molecule has 0 saturated heterocycles. The van der Waals surface area contributed by atoms with Gasteiger partial charge in [-0.05, 0) is 23.6 Å². The highest BCUT2D eigenvalue weighted by Crippen LogP contribution is 2.15. The predicted octanol–water partition coefficient (Wildman–Crippen LogP) is 2.94. The van der Waals surface area contributed by atoms with Crippen LogP contribution in [0.5, 0.6) is 0 Å². The van der Waals surface area contributed by atoms with Crippen molar-refractivity contribution in [3.05, 3.63) is 52.6 Å². The van der Waals surface area contributed by atoms with E-state index < -0.39 is 0 Å². The highest BCUT2D eigenvalue weighted by atomic mass is 35.5. The van der Waals surface area contributed by atoms with Crippen LogP contribution in [0.1, 0.15) is 35.7 Å². The Balaban J connectivity index is 1.62. The summed E-state index contributed by atoms with van der Waals surface area (Å²) in [5.74, 6) is 1.45. The molecule has 6 heteroatoms. The molecule has 0 bridgehead atoms. The normalized spacial score (nSPS) is 14.7. The minimum absolute atomic E-state index is 0.146. The van der Waals surface area contributed by atoms with Crippen molar-refractivity contribution in [3.8, 4) is 0 Å². The molecule has 24 heavy (non-hydrogen) atoms. The molecule has 0 unspecified atom stereocenters. The van der Waals surface area contributed by atoms with Crippen molar-refractivity contribution in [2.45, 2.75) is 33.5 Å². The smallest absolute Gasteiger partial charge is 0.271 e. The summed E-state index contributed by atoms with van der Waals surface area (Å²) >= 11 is 5.96. The molecule has 5 nitrogen and oxygen atoms in total. The molecule has 0 aliphatic carbocycles. The number of nitrogens with one attached hydrogen (secondary N) is 1. The molecule has 0 atom stereocenters. The second kappa shape index (κ2) is 7.36. The molecule has 2 heterocycles. The van der Waals surface area contributed by atoms with Crippen LogP contribution in [0, 0.1) is 5.92 Å². The number of fused-ring (bicyclic) bond motifs is 1. The standard InChI is InChI=1S/C18H23ClN4O/c1-13(2)10-22-6-7-23-11-16(21-17(23)12-22)18(24)20-9-14-4-3-5-15(19)8-14/h3-5,8,11,13H,6-7,9-10,12H2,1-2H3,(H,20,24). The molecule has 0 fully saturated rings. The molecule has 1 aromatic carbocycles. The van der Waals surface area contributed by atoms with E-state index in [4.69, 9.17) is 11.6 Å². The third-order valence-electron chi connectivity index (χ3n) is 4.08. The number of aromatic nitrogens is 2. The van der Waals surface area contributed by atoms with Gasteiger partial charge in [0.15, 0.2) is 0 Å². The van der Waals surface area contributed by atoms with Crippen LogP contribution in [0.3, 0.4) is 0 Å². The van der Waals surface area contributed by atoms with E-state index in [9.17, 15) is 4.79 Å². The van der Waals surface area contributed by atoms with Crippen molar-refractivity contribution in [2.24, 2.45) is 5.92 Å². The number of hydrogen-bond donors (Lipinski definition) is 1. The average molecular weight is 347 g/mol. The number of carbonyl (C=O) groups is 1. The first-order valence-electron chi connectivity index (χ1n) is 8.32. The Morgan fingerprint density at radius 2 is 2.21 bits per heavy atom. The highest BCUT2D eigenvalue weighted by molar-refractivity contribution is 6.30. The van der Waals surface area contributed by atoms with E-state index in [0.29, 0.717) is 23.2 Å². The lowest BCUT2D eigenvalue weighted by Gasteiger charge is -2.28. The Morgan fingerprint density at radius 1 is 1.38 bits per heavy atom. The zero-order valence-corrected chi connectivity index (χ0v) is 14.9. The lowest BCUT2D eigenvalue weighted by molar-refractivity contribution is 0.0946. The quantitative estimate of drug-likeness (QED) is 0.905. The fourth-order valence-corrected chi connectivity index (χ4v) is 3.22. The van der Waals surface area contributed by atoms with Gasteiger partial charge in [-0.3, -0.25) is 9.69 Å². The lowest BCUT2D eigenvalue weighted by Crippen LogP contribution is -2.35. The minimum Gasteiger partial charge on any atom is -0.347 e. The van der Waals surface area contributed by atoms with Crippen LogP contribution in [0.4, 0.5) is 0 Å². The van der Waals surface area contributed by atoms with Gasteiger partial charge in [0, 0.05) is 37.4 Å². The first-order chi connectivity index (χ1) is 11.5. The third kappa shape index (κ3) is 4.16. The maximum absolute atomic E-state index is 12.3. The van der Waals surface area contributed by atoms with Crippen LogP contribution >= 0.6 is 11.6 Å². The van der Waals surface area contributed by atoms with Gasteiger partial charge in [-0.1, -0.05) is 37.6 Å². The zero-order valence-electron chi connectivity index (χ0n) is 14.1. The molecule has 0 radical (unpaired) electrons. The SMILES string of the molecule is CC(C)CN1CCn2cc(C(=O)NCc3cccc(Cl)c3)nc2C1. The molecule has 1 amide bonds. The van der Waals surface area contributed by atoms with E-state index in [1.165, 1.54) is 0 Å². The van der Waals surface area contributed by atoms with Crippen LogP contribution in [0.15, 0.2) is 30.5 Å². The van der Waals surface area contributed by atoms with E-state index in [1.54, 1.807) is 0 Å². The number of carbonyl (C=O) groups excluding carboxylic acids is 1. The van der Waals surface area contributed by atoms with Crippen molar-refractivity contribution in [2.75, 3.05) is 13.1 Å². The second-order valence-corrected chi connectivity index (χ2v) is 7.11. The summed E-state index contributed by atoms with van der Waals surface area (Å²) in [5, 5.41) is 3.58. The summed E-state index contributed by atoms with van der Waals surface area (Å²) in [6.07, 6.45) is 1.86. The molecule has 1 aliphatic rings. The first-order valence-corrected chi connectivity index (χ1v) is 8.70. The Kier molecular flexibility index (Phi) is 5.21. The van der Waals surface area contributed by atoms with Gasteiger partial charge in [0.2, 0.25) is 0 Å². The summed E-state index contributed by atoms with van der Waals surface area (Å²) < 4.78 is 2.09. The number of amides is 1. The van der Waals surface area contributed by atoms with Crippen LogP contribution in [-0.2, 0) is 19.6 Å². The molecule has 1 aliphatic heterocycles. The van der Waals surface area contributed by atoms with Gasteiger partial charge in [-0.25, -0.2) is 4.98 Å².